The molecule has 1 atom stereocenters. The van der Waals surface area contributed by atoms with E-state index in [2.05, 4.69) is 101 Å². The first-order valence-corrected chi connectivity index (χ1v) is 11.6. The van der Waals surface area contributed by atoms with Crippen LogP contribution in [0.2, 0.25) is 0 Å². The van der Waals surface area contributed by atoms with Gasteiger partial charge in [0.1, 0.15) is 12.3 Å². The van der Waals surface area contributed by atoms with Crippen LogP contribution >= 0.6 is 0 Å². The van der Waals surface area contributed by atoms with Gasteiger partial charge in [-0.2, -0.15) is 0 Å². The van der Waals surface area contributed by atoms with Crippen molar-refractivity contribution in [2.75, 3.05) is 6.54 Å². The number of nitrogens with zero attached hydrogens (tertiary/aromatic N) is 1. The average molecular weight is 417 g/mol. The van der Waals surface area contributed by atoms with Gasteiger partial charge in [0.2, 0.25) is 0 Å². The van der Waals surface area contributed by atoms with Gasteiger partial charge in [0.25, 0.3) is 0 Å². The van der Waals surface area contributed by atoms with Crippen LogP contribution < -0.4 is 0 Å². The zero-order valence-electron chi connectivity index (χ0n) is 19.8. The van der Waals surface area contributed by atoms with E-state index in [0.29, 0.717) is 17.8 Å². The summed E-state index contributed by atoms with van der Waals surface area (Å²) in [4.78, 5) is 0. The summed E-state index contributed by atoms with van der Waals surface area (Å²) in [5.41, 5.74) is 4.89. The fraction of sp³-hybridized carbons (Fsp3) is 0.379. The molecule has 31 heavy (non-hydrogen) atoms. The number of aryl methyl sites for hydroxylation is 1. The van der Waals surface area contributed by atoms with Crippen molar-refractivity contribution in [3.05, 3.63) is 101 Å². The highest BCUT2D eigenvalue weighted by Gasteiger charge is 2.36. The van der Waals surface area contributed by atoms with E-state index in [9.17, 15) is 5.11 Å². The smallest absolute Gasteiger partial charge is 0.119 e. The summed E-state index contributed by atoms with van der Waals surface area (Å²) in [6, 6.07) is 28.5. The quantitative estimate of drug-likeness (QED) is 0.370. The van der Waals surface area contributed by atoms with Crippen molar-refractivity contribution >= 4 is 0 Å². The van der Waals surface area contributed by atoms with Crippen LogP contribution in [0.1, 0.15) is 62.3 Å². The minimum Gasteiger partial charge on any atom is -0.508 e. The number of aromatic hydroxyl groups is 1. The van der Waals surface area contributed by atoms with E-state index in [-0.39, 0.29) is 5.92 Å². The van der Waals surface area contributed by atoms with Gasteiger partial charge in [0.15, 0.2) is 0 Å². The van der Waals surface area contributed by atoms with Gasteiger partial charge in [-0.05, 0) is 46.2 Å². The second-order valence-electron chi connectivity index (χ2n) is 9.47. The highest BCUT2D eigenvalue weighted by molar-refractivity contribution is 5.43. The predicted octanol–water partition coefficient (Wildman–Crippen LogP) is 7.06. The zero-order valence-corrected chi connectivity index (χ0v) is 19.8. The van der Waals surface area contributed by atoms with Gasteiger partial charge >= 0.3 is 0 Å². The van der Waals surface area contributed by atoms with Crippen LogP contribution in [-0.2, 0) is 6.54 Å². The van der Waals surface area contributed by atoms with E-state index < -0.39 is 0 Å². The first-order valence-electron chi connectivity index (χ1n) is 11.6. The fourth-order valence-electron chi connectivity index (χ4n) is 4.99. The van der Waals surface area contributed by atoms with Crippen LogP contribution in [0.15, 0.2) is 78.9 Å². The van der Waals surface area contributed by atoms with Crippen LogP contribution in [-0.4, -0.2) is 28.2 Å². The largest absolute Gasteiger partial charge is 0.508 e. The molecule has 2 heteroatoms. The van der Waals surface area contributed by atoms with Crippen molar-refractivity contribution in [3.63, 3.8) is 0 Å². The molecular formula is C29H38NO+. The molecule has 0 saturated carbocycles. The molecule has 2 nitrogen and oxygen atoms in total. The lowest BCUT2D eigenvalue weighted by atomic mass is 9.86. The molecule has 3 aromatic carbocycles. The predicted molar refractivity (Wildman–Crippen MR) is 131 cm³/mol. The number of quaternary nitrogens is 1. The summed E-state index contributed by atoms with van der Waals surface area (Å²) < 4.78 is 1.03. The van der Waals surface area contributed by atoms with Crippen molar-refractivity contribution < 1.29 is 9.59 Å². The Morgan fingerprint density at radius 3 is 1.94 bits per heavy atom. The summed E-state index contributed by atoms with van der Waals surface area (Å²) in [6.45, 7) is 13.6. The summed E-state index contributed by atoms with van der Waals surface area (Å²) >= 11 is 0. The Kier molecular flexibility index (Phi) is 7.56. The van der Waals surface area contributed by atoms with E-state index in [0.717, 1.165) is 29.6 Å². The van der Waals surface area contributed by atoms with Gasteiger partial charge in [-0.1, -0.05) is 78.4 Å². The zero-order chi connectivity index (χ0) is 22.4. The number of phenolic OH excluding ortho intramolecular Hbond substituents is 1. The number of benzene rings is 3. The minimum absolute atomic E-state index is 0.173. The van der Waals surface area contributed by atoms with Crippen molar-refractivity contribution in [2.45, 2.75) is 65.6 Å². The molecule has 0 amide bonds. The van der Waals surface area contributed by atoms with E-state index >= 15 is 0 Å². The lowest BCUT2D eigenvalue weighted by molar-refractivity contribution is -0.979. The Labute approximate surface area is 188 Å². The van der Waals surface area contributed by atoms with Crippen LogP contribution in [0.25, 0.3) is 0 Å². The van der Waals surface area contributed by atoms with E-state index in [1.807, 2.05) is 12.1 Å². The topological polar surface area (TPSA) is 20.2 Å². The Bertz CT molecular complexity index is 939. The molecule has 0 saturated heterocycles. The maximum absolute atomic E-state index is 10.7. The lowest BCUT2D eigenvalue weighted by Crippen LogP contribution is -2.57. The number of rotatable bonds is 9. The van der Waals surface area contributed by atoms with Crippen molar-refractivity contribution in [3.8, 4) is 5.75 Å². The molecule has 0 aromatic heterocycles. The van der Waals surface area contributed by atoms with Crippen LogP contribution in [0, 0.1) is 6.92 Å². The van der Waals surface area contributed by atoms with Crippen molar-refractivity contribution in [2.24, 2.45) is 0 Å². The highest BCUT2D eigenvalue weighted by Crippen LogP contribution is 2.37. The number of phenols is 1. The molecule has 0 bridgehead atoms. The molecule has 3 aromatic rings. The highest BCUT2D eigenvalue weighted by atomic mass is 16.3. The number of hydrogen-bond donors (Lipinski definition) is 1. The molecule has 164 valence electrons. The van der Waals surface area contributed by atoms with Crippen LogP contribution in [0.3, 0.4) is 0 Å². The van der Waals surface area contributed by atoms with Gasteiger partial charge in [0.05, 0.1) is 18.6 Å². The van der Waals surface area contributed by atoms with Crippen LogP contribution in [0.4, 0.5) is 0 Å². The summed E-state index contributed by atoms with van der Waals surface area (Å²) in [7, 11) is 0. The van der Waals surface area contributed by atoms with Gasteiger partial charge in [-0.3, -0.25) is 0 Å². The van der Waals surface area contributed by atoms with Gasteiger partial charge in [-0.15, -0.1) is 0 Å². The van der Waals surface area contributed by atoms with Crippen molar-refractivity contribution in [1.29, 1.82) is 0 Å². The summed E-state index contributed by atoms with van der Waals surface area (Å²) in [5.74, 6) is 0.571. The second kappa shape index (κ2) is 10.2. The first kappa shape index (κ1) is 23.1. The molecule has 1 unspecified atom stereocenters. The van der Waals surface area contributed by atoms with E-state index in [4.69, 9.17) is 0 Å². The van der Waals surface area contributed by atoms with E-state index in [1.54, 1.807) is 0 Å². The van der Waals surface area contributed by atoms with Gasteiger partial charge in [-0.25, -0.2) is 0 Å². The summed E-state index contributed by atoms with van der Waals surface area (Å²) in [5, 5.41) is 10.7. The maximum atomic E-state index is 10.7. The molecule has 1 N–H and O–H groups in total. The molecule has 0 spiro atoms. The molecule has 0 fully saturated rings. The average Bonchev–Trinajstić information content (AvgIpc) is 2.76. The monoisotopic (exact) mass is 416 g/mol. The van der Waals surface area contributed by atoms with Crippen LogP contribution in [0.5, 0.6) is 5.75 Å². The first-order chi connectivity index (χ1) is 14.8. The Balaban J connectivity index is 1.98. The number of hydrogen-bond acceptors (Lipinski definition) is 1. The molecule has 0 heterocycles. The third-order valence-electron chi connectivity index (χ3n) is 6.97. The van der Waals surface area contributed by atoms with E-state index in [1.165, 1.54) is 16.7 Å². The SMILES string of the molecule is Cc1ccc(O)c(C(CC[N+](Cc2ccccc2)(C(C)C)C(C)C)c2ccccc2)c1. The Morgan fingerprint density at radius 2 is 1.35 bits per heavy atom. The van der Waals surface area contributed by atoms with Gasteiger partial charge in [0, 0.05) is 23.5 Å². The normalized spacial score (nSPS) is 13.0. The lowest BCUT2D eigenvalue weighted by Gasteiger charge is -2.47. The Morgan fingerprint density at radius 1 is 0.774 bits per heavy atom. The third kappa shape index (κ3) is 5.37. The molecule has 3 rings (SSSR count). The molecule has 0 aliphatic carbocycles. The maximum Gasteiger partial charge on any atom is 0.119 e. The van der Waals surface area contributed by atoms with Gasteiger partial charge < -0.3 is 9.59 Å². The van der Waals surface area contributed by atoms with Crippen molar-refractivity contribution in [1.82, 2.24) is 0 Å². The molecule has 0 radical (unpaired) electrons. The summed E-state index contributed by atoms with van der Waals surface area (Å²) in [6.07, 6.45) is 0.990. The standard InChI is InChI=1S/C29H37NO/c1-22(2)30(23(3)4,21-25-12-8-6-9-13-25)19-18-27(26-14-10-7-11-15-26)28-20-24(5)16-17-29(28)31/h6-17,20,22-23,27H,18-19,21H2,1-5H3/p+1. The Hall–Kier alpha value is -2.58. The minimum atomic E-state index is 0.173. The second-order valence-corrected chi connectivity index (χ2v) is 9.47. The molecule has 0 aliphatic rings. The fourth-order valence-corrected chi connectivity index (χ4v) is 4.99. The molecule has 0 aliphatic heterocycles. The third-order valence-corrected chi connectivity index (χ3v) is 6.97. The molecular weight excluding hydrogens is 378 g/mol.